The van der Waals surface area contributed by atoms with E-state index in [2.05, 4.69) is 14.7 Å². The van der Waals surface area contributed by atoms with Gasteiger partial charge < -0.3 is 4.74 Å². The van der Waals surface area contributed by atoms with E-state index in [4.69, 9.17) is 11.6 Å². The maximum atomic E-state index is 12.2. The lowest BCUT2D eigenvalue weighted by atomic mass is 10.1. The van der Waals surface area contributed by atoms with Gasteiger partial charge in [-0.15, -0.1) is 13.2 Å². The second kappa shape index (κ2) is 5.89. The van der Waals surface area contributed by atoms with Gasteiger partial charge in [0, 0.05) is 17.5 Å². The van der Waals surface area contributed by atoms with Crippen LogP contribution in [0.3, 0.4) is 0 Å². The standard InChI is InChI=1S/C14H12ClF3N2O/c1-8(2)13-19-11(7-12(15)20-13)9-4-3-5-10(6-9)21-14(16,17)18/h3-8H,1-2H3. The van der Waals surface area contributed by atoms with E-state index in [1.807, 2.05) is 13.8 Å². The molecular formula is C14H12ClF3N2O. The van der Waals surface area contributed by atoms with Crippen LogP contribution >= 0.6 is 11.6 Å². The van der Waals surface area contributed by atoms with Gasteiger partial charge in [-0.3, -0.25) is 0 Å². The van der Waals surface area contributed by atoms with E-state index in [-0.39, 0.29) is 16.8 Å². The Bertz CT molecular complexity index is 644. The quantitative estimate of drug-likeness (QED) is 0.761. The molecule has 0 saturated carbocycles. The van der Waals surface area contributed by atoms with Gasteiger partial charge in [-0.1, -0.05) is 37.6 Å². The van der Waals surface area contributed by atoms with Gasteiger partial charge >= 0.3 is 6.36 Å². The van der Waals surface area contributed by atoms with Gasteiger partial charge in [-0.05, 0) is 12.1 Å². The van der Waals surface area contributed by atoms with E-state index in [0.29, 0.717) is 17.1 Å². The van der Waals surface area contributed by atoms with Crippen LogP contribution in [-0.2, 0) is 0 Å². The molecule has 0 amide bonds. The zero-order valence-electron chi connectivity index (χ0n) is 11.3. The lowest BCUT2D eigenvalue weighted by molar-refractivity contribution is -0.274. The van der Waals surface area contributed by atoms with E-state index in [1.54, 1.807) is 6.07 Å². The number of hydrogen-bond donors (Lipinski definition) is 0. The monoisotopic (exact) mass is 316 g/mol. The summed E-state index contributed by atoms with van der Waals surface area (Å²) in [7, 11) is 0. The molecule has 2 aromatic rings. The van der Waals surface area contributed by atoms with Gasteiger partial charge in [0.15, 0.2) is 0 Å². The van der Waals surface area contributed by atoms with Crippen molar-refractivity contribution in [3.05, 3.63) is 41.3 Å². The first-order valence-electron chi connectivity index (χ1n) is 6.15. The molecule has 0 fully saturated rings. The number of aromatic nitrogens is 2. The Hall–Kier alpha value is -1.82. The first kappa shape index (κ1) is 15.6. The molecule has 0 aliphatic heterocycles. The van der Waals surface area contributed by atoms with Crippen molar-refractivity contribution < 1.29 is 17.9 Å². The second-order valence-electron chi connectivity index (χ2n) is 4.66. The van der Waals surface area contributed by atoms with Crippen molar-refractivity contribution in [2.24, 2.45) is 0 Å². The molecule has 1 aromatic carbocycles. The van der Waals surface area contributed by atoms with E-state index >= 15 is 0 Å². The molecule has 3 nitrogen and oxygen atoms in total. The first-order chi connectivity index (χ1) is 9.74. The zero-order chi connectivity index (χ0) is 15.6. The van der Waals surface area contributed by atoms with Gasteiger partial charge in [0.1, 0.15) is 16.7 Å². The molecular weight excluding hydrogens is 305 g/mol. The Morgan fingerprint density at radius 2 is 1.86 bits per heavy atom. The van der Waals surface area contributed by atoms with Gasteiger partial charge in [-0.2, -0.15) is 0 Å². The summed E-state index contributed by atoms with van der Waals surface area (Å²) >= 11 is 5.93. The smallest absolute Gasteiger partial charge is 0.406 e. The van der Waals surface area contributed by atoms with Crippen molar-refractivity contribution in [3.8, 4) is 17.0 Å². The number of nitrogens with zero attached hydrogens (tertiary/aromatic N) is 2. The van der Waals surface area contributed by atoms with Crippen molar-refractivity contribution in [1.82, 2.24) is 9.97 Å². The van der Waals surface area contributed by atoms with Crippen LogP contribution in [0.1, 0.15) is 25.6 Å². The molecule has 21 heavy (non-hydrogen) atoms. The molecule has 112 valence electrons. The molecule has 0 radical (unpaired) electrons. The Labute approximate surface area is 124 Å². The summed E-state index contributed by atoms with van der Waals surface area (Å²) in [5.41, 5.74) is 0.925. The fourth-order valence-corrected chi connectivity index (χ4v) is 1.88. The molecule has 1 aromatic heterocycles. The summed E-state index contributed by atoms with van der Waals surface area (Å²) in [6.45, 7) is 3.80. The topological polar surface area (TPSA) is 35.0 Å². The maximum absolute atomic E-state index is 12.2. The predicted molar refractivity (Wildman–Crippen MR) is 73.3 cm³/mol. The lowest BCUT2D eigenvalue weighted by Gasteiger charge is -2.11. The van der Waals surface area contributed by atoms with Crippen LogP contribution in [0.2, 0.25) is 5.15 Å². The summed E-state index contributed by atoms with van der Waals surface area (Å²) in [6, 6.07) is 7.08. The van der Waals surface area contributed by atoms with Crippen molar-refractivity contribution in [3.63, 3.8) is 0 Å². The lowest BCUT2D eigenvalue weighted by Crippen LogP contribution is -2.17. The molecule has 0 atom stereocenters. The highest BCUT2D eigenvalue weighted by Gasteiger charge is 2.31. The molecule has 0 saturated heterocycles. The number of halogens is 4. The Balaban J connectivity index is 2.40. The number of ether oxygens (including phenoxy) is 1. The van der Waals surface area contributed by atoms with Gasteiger partial charge in [0.2, 0.25) is 0 Å². The van der Waals surface area contributed by atoms with Crippen LogP contribution < -0.4 is 4.74 Å². The maximum Gasteiger partial charge on any atom is 0.573 e. The third-order valence-corrected chi connectivity index (χ3v) is 2.79. The van der Waals surface area contributed by atoms with Crippen LogP contribution in [0.4, 0.5) is 13.2 Å². The number of benzene rings is 1. The SMILES string of the molecule is CC(C)c1nc(Cl)cc(-c2cccc(OC(F)(F)F)c2)n1. The van der Waals surface area contributed by atoms with E-state index < -0.39 is 6.36 Å². The van der Waals surface area contributed by atoms with Crippen LogP contribution in [0, 0.1) is 0 Å². The molecule has 0 spiro atoms. The van der Waals surface area contributed by atoms with Crippen molar-refractivity contribution in [1.29, 1.82) is 0 Å². The molecule has 0 aliphatic rings. The summed E-state index contributed by atoms with van der Waals surface area (Å²) in [5, 5.41) is 0.242. The predicted octanol–water partition coefficient (Wildman–Crippen LogP) is 4.82. The molecule has 1 heterocycles. The molecule has 2 rings (SSSR count). The van der Waals surface area contributed by atoms with Crippen LogP contribution in [0.25, 0.3) is 11.3 Å². The number of alkyl halides is 3. The normalized spacial score (nSPS) is 11.8. The average Bonchev–Trinajstić information content (AvgIpc) is 2.36. The van der Waals surface area contributed by atoms with Crippen LogP contribution in [0.15, 0.2) is 30.3 Å². The average molecular weight is 317 g/mol. The fraction of sp³-hybridized carbons (Fsp3) is 0.286. The number of rotatable bonds is 3. The summed E-state index contributed by atoms with van der Waals surface area (Å²) in [5.74, 6) is 0.275. The first-order valence-corrected chi connectivity index (χ1v) is 6.53. The molecule has 0 bridgehead atoms. The Morgan fingerprint density at radius 1 is 1.14 bits per heavy atom. The van der Waals surface area contributed by atoms with Crippen molar-refractivity contribution in [2.75, 3.05) is 0 Å². The van der Waals surface area contributed by atoms with E-state index in [9.17, 15) is 13.2 Å². The van der Waals surface area contributed by atoms with Gasteiger partial charge in [0.25, 0.3) is 0 Å². The minimum atomic E-state index is -4.73. The molecule has 0 unspecified atom stereocenters. The van der Waals surface area contributed by atoms with Crippen LogP contribution in [0.5, 0.6) is 5.75 Å². The second-order valence-corrected chi connectivity index (χ2v) is 5.05. The highest BCUT2D eigenvalue weighted by Crippen LogP contribution is 2.28. The van der Waals surface area contributed by atoms with Gasteiger partial charge in [0.05, 0.1) is 5.69 Å². The Kier molecular flexibility index (Phi) is 4.37. The van der Waals surface area contributed by atoms with Crippen LogP contribution in [-0.4, -0.2) is 16.3 Å². The zero-order valence-corrected chi connectivity index (χ0v) is 12.0. The molecule has 0 aliphatic carbocycles. The molecule has 7 heteroatoms. The largest absolute Gasteiger partial charge is 0.573 e. The number of hydrogen-bond acceptors (Lipinski definition) is 3. The third kappa shape index (κ3) is 4.32. The third-order valence-electron chi connectivity index (χ3n) is 2.59. The summed E-state index contributed by atoms with van der Waals surface area (Å²) in [4.78, 5) is 8.39. The highest BCUT2D eigenvalue weighted by atomic mass is 35.5. The summed E-state index contributed by atoms with van der Waals surface area (Å²) in [6.07, 6.45) is -4.73. The van der Waals surface area contributed by atoms with E-state index in [0.717, 1.165) is 0 Å². The van der Waals surface area contributed by atoms with Crippen molar-refractivity contribution in [2.45, 2.75) is 26.1 Å². The fourth-order valence-electron chi connectivity index (χ4n) is 1.69. The highest BCUT2D eigenvalue weighted by molar-refractivity contribution is 6.29. The molecule has 0 N–H and O–H groups in total. The Morgan fingerprint density at radius 3 is 2.48 bits per heavy atom. The van der Waals surface area contributed by atoms with E-state index in [1.165, 1.54) is 24.3 Å². The van der Waals surface area contributed by atoms with Crippen molar-refractivity contribution >= 4 is 11.6 Å². The van der Waals surface area contributed by atoms with Gasteiger partial charge in [-0.25, -0.2) is 9.97 Å². The minimum absolute atomic E-state index is 0.0528. The summed E-state index contributed by atoms with van der Waals surface area (Å²) < 4.78 is 40.6. The minimum Gasteiger partial charge on any atom is -0.406 e.